The summed E-state index contributed by atoms with van der Waals surface area (Å²) < 4.78 is 15.7. The minimum atomic E-state index is -1.13. The number of benzene rings is 1. The molecule has 0 atom stereocenters. The summed E-state index contributed by atoms with van der Waals surface area (Å²) in [7, 11) is 0. The van der Waals surface area contributed by atoms with Gasteiger partial charge in [0.05, 0.1) is 6.61 Å². The monoisotopic (exact) mass is 248 g/mol. The largest absolute Gasteiger partial charge is 0.494 e. The molecule has 1 aromatic carbocycles. The lowest BCUT2D eigenvalue weighted by Crippen LogP contribution is -1.92. The second-order valence-electron chi connectivity index (χ2n) is 3.43. The molecule has 0 aliphatic rings. The lowest BCUT2D eigenvalue weighted by atomic mass is 10.3. The maximum Gasteiger partial charge on any atom is 0.371 e. The van der Waals surface area contributed by atoms with Crippen LogP contribution in [0.25, 0.3) is 0 Å². The van der Waals surface area contributed by atoms with Gasteiger partial charge in [-0.1, -0.05) is 6.07 Å². The molecule has 0 spiro atoms. The van der Waals surface area contributed by atoms with Crippen molar-refractivity contribution in [3.05, 3.63) is 42.2 Å². The van der Waals surface area contributed by atoms with E-state index in [1.54, 1.807) is 24.3 Å². The second-order valence-corrected chi connectivity index (χ2v) is 3.43. The standard InChI is InChI=1S/C13H12O5/c1-2-16-9-4-3-5-10(8-9)17-12-7-6-11(18-12)13(14)15/h3-8H,2H2,1H3,(H,14,15). The van der Waals surface area contributed by atoms with Crippen LogP contribution in [0.15, 0.2) is 40.8 Å². The third kappa shape index (κ3) is 2.82. The molecule has 0 aliphatic carbocycles. The van der Waals surface area contributed by atoms with Gasteiger partial charge >= 0.3 is 5.97 Å². The van der Waals surface area contributed by atoms with Crippen LogP contribution in [0.3, 0.4) is 0 Å². The third-order valence-corrected chi connectivity index (χ3v) is 2.13. The minimum absolute atomic E-state index is 0.126. The molecule has 2 rings (SSSR count). The predicted octanol–water partition coefficient (Wildman–Crippen LogP) is 3.17. The number of hydrogen-bond donors (Lipinski definition) is 1. The highest BCUT2D eigenvalue weighted by molar-refractivity contribution is 5.84. The molecule has 0 fully saturated rings. The van der Waals surface area contributed by atoms with Crippen LogP contribution in [0.4, 0.5) is 0 Å². The van der Waals surface area contributed by atoms with E-state index in [-0.39, 0.29) is 11.7 Å². The molecule has 1 heterocycles. The van der Waals surface area contributed by atoms with E-state index in [9.17, 15) is 4.79 Å². The number of aromatic carboxylic acids is 1. The molecule has 0 aliphatic heterocycles. The predicted molar refractivity (Wildman–Crippen MR) is 63.4 cm³/mol. The molecule has 18 heavy (non-hydrogen) atoms. The topological polar surface area (TPSA) is 68.9 Å². The van der Waals surface area contributed by atoms with Crippen molar-refractivity contribution in [3.8, 4) is 17.4 Å². The van der Waals surface area contributed by atoms with Crippen molar-refractivity contribution in [2.24, 2.45) is 0 Å². The molecule has 0 unspecified atom stereocenters. The number of carboxylic acids is 1. The van der Waals surface area contributed by atoms with E-state index in [4.69, 9.17) is 19.0 Å². The lowest BCUT2D eigenvalue weighted by molar-refractivity contribution is 0.0657. The van der Waals surface area contributed by atoms with Crippen LogP contribution in [-0.2, 0) is 0 Å². The fourth-order valence-corrected chi connectivity index (χ4v) is 1.40. The van der Waals surface area contributed by atoms with E-state index in [0.717, 1.165) is 0 Å². The van der Waals surface area contributed by atoms with Gasteiger partial charge in [-0.2, -0.15) is 0 Å². The summed E-state index contributed by atoms with van der Waals surface area (Å²) >= 11 is 0. The molecule has 1 aromatic heterocycles. The highest BCUT2D eigenvalue weighted by Gasteiger charge is 2.10. The summed E-state index contributed by atoms with van der Waals surface area (Å²) in [5.41, 5.74) is 0. The third-order valence-electron chi connectivity index (χ3n) is 2.13. The smallest absolute Gasteiger partial charge is 0.371 e. The van der Waals surface area contributed by atoms with Crippen LogP contribution in [0.2, 0.25) is 0 Å². The minimum Gasteiger partial charge on any atom is -0.494 e. The normalized spacial score (nSPS) is 10.1. The van der Waals surface area contributed by atoms with Crippen LogP contribution < -0.4 is 9.47 Å². The Labute approximate surface area is 104 Å². The Bertz CT molecular complexity index is 544. The molecule has 0 bridgehead atoms. The van der Waals surface area contributed by atoms with E-state index >= 15 is 0 Å². The Morgan fingerprint density at radius 3 is 2.72 bits per heavy atom. The van der Waals surface area contributed by atoms with Crippen LogP contribution in [0.1, 0.15) is 17.5 Å². The van der Waals surface area contributed by atoms with Crippen LogP contribution in [0.5, 0.6) is 17.4 Å². The second kappa shape index (κ2) is 5.27. The van der Waals surface area contributed by atoms with Gasteiger partial charge in [0.2, 0.25) is 5.76 Å². The number of hydrogen-bond acceptors (Lipinski definition) is 4. The van der Waals surface area contributed by atoms with Crippen molar-refractivity contribution in [2.75, 3.05) is 6.61 Å². The van der Waals surface area contributed by atoms with E-state index in [1.807, 2.05) is 6.92 Å². The van der Waals surface area contributed by atoms with E-state index < -0.39 is 5.97 Å². The molecule has 0 saturated carbocycles. The van der Waals surface area contributed by atoms with Gasteiger partial charge in [-0.3, -0.25) is 0 Å². The van der Waals surface area contributed by atoms with Crippen LogP contribution >= 0.6 is 0 Å². The van der Waals surface area contributed by atoms with Crippen LogP contribution in [0, 0.1) is 0 Å². The van der Waals surface area contributed by atoms with Gasteiger partial charge in [-0.05, 0) is 25.1 Å². The Balaban J connectivity index is 2.12. The SMILES string of the molecule is CCOc1cccc(Oc2ccc(C(=O)O)o2)c1. The molecule has 5 heteroatoms. The first-order valence-electron chi connectivity index (χ1n) is 5.43. The highest BCUT2D eigenvalue weighted by Crippen LogP contribution is 2.26. The summed E-state index contributed by atoms with van der Waals surface area (Å²) in [6, 6.07) is 9.81. The lowest BCUT2D eigenvalue weighted by Gasteiger charge is -2.05. The van der Waals surface area contributed by atoms with Gasteiger partial charge in [0, 0.05) is 12.1 Å². The molecule has 1 N–H and O–H groups in total. The summed E-state index contributed by atoms with van der Waals surface area (Å²) in [6.45, 7) is 2.45. The van der Waals surface area contributed by atoms with Gasteiger partial charge < -0.3 is 19.0 Å². The molecular weight excluding hydrogens is 236 g/mol. The van der Waals surface area contributed by atoms with Crippen molar-refractivity contribution in [1.29, 1.82) is 0 Å². The number of furan rings is 1. The molecule has 5 nitrogen and oxygen atoms in total. The maximum atomic E-state index is 10.6. The average molecular weight is 248 g/mol. The van der Waals surface area contributed by atoms with Gasteiger partial charge in [-0.25, -0.2) is 4.79 Å². The average Bonchev–Trinajstić information content (AvgIpc) is 2.78. The molecule has 0 saturated heterocycles. The summed E-state index contributed by atoms with van der Waals surface area (Å²) in [5, 5.41) is 8.71. The fraction of sp³-hybridized carbons (Fsp3) is 0.154. The Morgan fingerprint density at radius 1 is 1.28 bits per heavy atom. The Morgan fingerprint density at radius 2 is 2.06 bits per heavy atom. The van der Waals surface area contributed by atoms with Gasteiger partial charge in [0.15, 0.2) is 0 Å². The summed E-state index contributed by atoms with van der Waals surface area (Å²) in [4.78, 5) is 10.6. The van der Waals surface area contributed by atoms with Crippen LogP contribution in [-0.4, -0.2) is 17.7 Å². The molecule has 0 amide bonds. The van der Waals surface area contributed by atoms with Gasteiger partial charge in [0.1, 0.15) is 11.5 Å². The summed E-state index contributed by atoms with van der Waals surface area (Å²) in [6.07, 6.45) is 0. The molecule has 94 valence electrons. The van der Waals surface area contributed by atoms with E-state index in [1.165, 1.54) is 12.1 Å². The van der Waals surface area contributed by atoms with Crippen molar-refractivity contribution < 1.29 is 23.8 Å². The zero-order valence-electron chi connectivity index (χ0n) is 9.75. The first-order chi connectivity index (χ1) is 8.69. The zero-order chi connectivity index (χ0) is 13.0. The Kier molecular flexibility index (Phi) is 3.52. The fourth-order valence-electron chi connectivity index (χ4n) is 1.40. The summed E-state index contributed by atoms with van der Waals surface area (Å²) in [5.74, 6) is 0.0344. The van der Waals surface area contributed by atoms with Gasteiger partial charge in [0.25, 0.3) is 5.95 Å². The van der Waals surface area contributed by atoms with E-state index in [0.29, 0.717) is 18.1 Å². The van der Waals surface area contributed by atoms with E-state index in [2.05, 4.69) is 0 Å². The number of ether oxygens (including phenoxy) is 2. The molecule has 0 radical (unpaired) electrons. The van der Waals surface area contributed by atoms with Gasteiger partial charge in [-0.15, -0.1) is 0 Å². The maximum absolute atomic E-state index is 10.6. The first kappa shape index (κ1) is 12.0. The quantitative estimate of drug-likeness (QED) is 0.880. The Hall–Kier alpha value is -2.43. The first-order valence-corrected chi connectivity index (χ1v) is 5.43. The number of carboxylic acid groups (broad SMARTS) is 1. The van der Waals surface area contributed by atoms with Crippen molar-refractivity contribution in [3.63, 3.8) is 0 Å². The highest BCUT2D eigenvalue weighted by atomic mass is 16.6. The number of carbonyl (C=O) groups is 1. The van der Waals surface area contributed by atoms with Crippen molar-refractivity contribution in [2.45, 2.75) is 6.92 Å². The molecule has 2 aromatic rings. The number of rotatable bonds is 5. The zero-order valence-corrected chi connectivity index (χ0v) is 9.75. The van der Waals surface area contributed by atoms with Crippen molar-refractivity contribution in [1.82, 2.24) is 0 Å². The molecular formula is C13H12O5. The van der Waals surface area contributed by atoms with Crippen molar-refractivity contribution >= 4 is 5.97 Å².